The second-order valence-corrected chi connectivity index (χ2v) is 18.8. The van der Waals surface area contributed by atoms with Crippen molar-refractivity contribution in [1.82, 2.24) is 0 Å². The SMILES string of the molecule is C/C=C(/CC)CC(C)(CC)C(=O)OCC1(COC(=O)C2(C)C=CCC=CC(C)C2)COC2(CCC3=CC(C)(OC(=O)C(N)(N)N)CC2C3)O[I-]1. The molecule has 4 rings (SSSR count). The zero-order valence-electron chi connectivity index (χ0n) is 31.0. The molecule has 1 aliphatic heterocycles. The summed E-state index contributed by atoms with van der Waals surface area (Å²) in [6, 6.07) is 0. The first-order chi connectivity index (χ1) is 23.3. The predicted molar refractivity (Wildman–Crippen MR) is 186 cm³/mol. The summed E-state index contributed by atoms with van der Waals surface area (Å²) in [4.78, 5) is 40.1. The van der Waals surface area contributed by atoms with E-state index < -0.39 is 59.0 Å². The molecule has 4 aliphatic rings. The second kappa shape index (κ2) is 15.9. The van der Waals surface area contributed by atoms with E-state index in [-0.39, 0.29) is 43.6 Å². The Morgan fingerprint density at radius 2 is 1.80 bits per heavy atom. The molecule has 11 nitrogen and oxygen atoms in total. The number of allylic oxidation sites excluding steroid dienone is 6. The molecule has 12 heteroatoms. The van der Waals surface area contributed by atoms with Crippen LogP contribution in [0.4, 0.5) is 0 Å². The minimum atomic E-state index is -2.11. The van der Waals surface area contributed by atoms with Crippen LogP contribution in [0.15, 0.2) is 47.6 Å². The van der Waals surface area contributed by atoms with Crippen molar-refractivity contribution in [2.75, 3.05) is 19.8 Å². The number of hydrogen-bond donors (Lipinski definition) is 3. The third-order valence-corrected chi connectivity index (χ3v) is 13.6. The van der Waals surface area contributed by atoms with Crippen LogP contribution in [-0.4, -0.2) is 58.3 Å². The number of rotatable bonds is 12. The minimum absolute atomic E-state index is 0.00473. The Labute approximate surface area is 308 Å². The number of nitrogens with two attached hydrogens (primary N) is 3. The molecule has 3 aliphatic carbocycles. The Morgan fingerprint density at radius 3 is 2.42 bits per heavy atom. The van der Waals surface area contributed by atoms with E-state index in [1.165, 1.54) is 5.57 Å². The first-order valence-corrected chi connectivity index (χ1v) is 19.9. The van der Waals surface area contributed by atoms with Gasteiger partial charge in [0.25, 0.3) is 0 Å². The zero-order valence-corrected chi connectivity index (χ0v) is 33.1. The molecule has 0 aromatic carbocycles. The molecular formula is C38H59IN3O8-. The van der Waals surface area contributed by atoms with E-state index in [9.17, 15) is 14.4 Å². The van der Waals surface area contributed by atoms with Gasteiger partial charge in [-0.2, -0.15) is 0 Å². The van der Waals surface area contributed by atoms with Gasteiger partial charge in [0.05, 0.1) is 0 Å². The normalized spacial score (nSPS) is 34.4. The Hall–Kier alpha value is -2.10. The number of fused-ring (bicyclic) bond motifs is 3. The van der Waals surface area contributed by atoms with Gasteiger partial charge in [0, 0.05) is 0 Å². The number of carbonyl (C=O) groups excluding carboxylic acids is 3. The van der Waals surface area contributed by atoms with Gasteiger partial charge in [-0.25, -0.2) is 0 Å². The van der Waals surface area contributed by atoms with Gasteiger partial charge in [0.2, 0.25) is 0 Å². The molecule has 1 spiro atoms. The van der Waals surface area contributed by atoms with E-state index >= 15 is 0 Å². The molecule has 7 unspecified atom stereocenters. The molecule has 0 radical (unpaired) electrons. The quantitative estimate of drug-likeness (QED) is 0.0659. The van der Waals surface area contributed by atoms with E-state index in [2.05, 4.69) is 32.1 Å². The fraction of sp³-hybridized carbons (Fsp3) is 0.711. The molecule has 50 heavy (non-hydrogen) atoms. The summed E-state index contributed by atoms with van der Waals surface area (Å²) in [6.07, 6.45) is 18.2. The first-order valence-electron chi connectivity index (χ1n) is 18.0. The number of halogens is 1. The fourth-order valence-electron chi connectivity index (χ4n) is 7.40. The summed E-state index contributed by atoms with van der Waals surface area (Å²) in [5.74, 6) is -4.45. The van der Waals surface area contributed by atoms with Crippen LogP contribution in [0.25, 0.3) is 0 Å². The van der Waals surface area contributed by atoms with Crippen LogP contribution in [0, 0.1) is 22.7 Å². The Morgan fingerprint density at radius 1 is 1.08 bits per heavy atom. The molecule has 1 heterocycles. The number of hydrogen-bond acceptors (Lipinski definition) is 11. The average molecular weight is 813 g/mol. The summed E-state index contributed by atoms with van der Waals surface area (Å²) in [5, 5.41) is 0. The van der Waals surface area contributed by atoms with Crippen molar-refractivity contribution in [2.45, 2.75) is 127 Å². The number of carbonyl (C=O) groups is 3. The van der Waals surface area contributed by atoms with E-state index in [0.717, 1.165) is 24.8 Å². The maximum atomic E-state index is 13.8. The standard InChI is InChI=1S/C38H59IN3O8/c1-8-27(9-2)20-33(5,10-3)30(43)46-23-36(24-47-31(44)34(6)16-13-11-12-14-26(4)19-34)25-48-37(50-39-36)17-15-28-18-29(37)22-35(7,21-28)49-32(45)38(40,41)42/h8,12-14,16,21,26,29H,9-11,15,17-20,22-25,40-42H2,1-7H3/q-1/b14-12?,16-13?,27-8-. The van der Waals surface area contributed by atoms with Crippen molar-refractivity contribution >= 4 is 17.9 Å². The summed E-state index contributed by atoms with van der Waals surface area (Å²) < 4.78 is 30.7. The van der Waals surface area contributed by atoms with Crippen LogP contribution in [0.5, 0.6) is 0 Å². The Kier molecular flexibility index (Phi) is 12.9. The molecule has 0 aromatic rings. The number of esters is 3. The van der Waals surface area contributed by atoms with E-state index in [0.29, 0.717) is 38.5 Å². The Balaban J connectivity index is 1.54. The zero-order chi connectivity index (χ0) is 37.0. The first kappa shape index (κ1) is 40.7. The second-order valence-electron chi connectivity index (χ2n) is 15.7. The summed E-state index contributed by atoms with van der Waals surface area (Å²) in [7, 11) is 0. The van der Waals surface area contributed by atoms with Crippen LogP contribution < -0.4 is 38.8 Å². The molecule has 2 fully saturated rings. The molecule has 1 saturated carbocycles. The third-order valence-electron chi connectivity index (χ3n) is 10.8. The van der Waals surface area contributed by atoms with Crippen molar-refractivity contribution in [3.05, 3.63) is 47.6 Å². The molecule has 7 atom stereocenters. The van der Waals surface area contributed by atoms with Crippen LogP contribution in [0.2, 0.25) is 0 Å². The van der Waals surface area contributed by atoms with Crippen molar-refractivity contribution in [3.8, 4) is 0 Å². The number of alkyl halides is 1. The van der Waals surface area contributed by atoms with Crippen molar-refractivity contribution in [2.24, 2.45) is 39.9 Å². The average Bonchev–Trinajstić information content (AvgIpc) is 3.06. The third kappa shape index (κ3) is 9.46. The van der Waals surface area contributed by atoms with Crippen LogP contribution >= 0.6 is 0 Å². The van der Waals surface area contributed by atoms with Gasteiger partial charge in [0.15, 0.2) is 0 Å². The molecule has 282 valence electrons. The van der Waals surface area contributed by atoms with Crippen molar-refractivity contribution in [3.63, 3.8) is 0 Å². The summed E-state index contributed by atoms with van der Waals surface area (Å²) in [5.41, 5.74) is 16.7. The molecular weight excluding hydrogens is 753 g/mol. The van der Waals surface area contributed by atoms with Crippen molar-refractivity contribution in [1.29, 1.82) is 0 Å². The van der Waals surface area contributed by atoms with Crippen LogP contribution in [-0.2, 0) is 36.4 Å². The van der Waals surface area contributed by atoms with Gasteiger partial charge in [-0.3, -0.25) is 0 Å². The molecule has 1 saturated heterocycles. The molecule has 2 bridgehead atoms. The van der Waals surface area contributed by atoms with Gasteiger partial charge in [-0.15, -0.1) is 0 Å². The molecule has 6 N–H and O–H groups in total. The monoisotopic (exact) mass is 812 g/mol. The van der Waals surface area contributed by atoms with E-state index in [4.69, 9.17) is 39.2 Å². The van der Waals surface area contributed by atoms with Gasteiger partial charge in [-0.1, -0.05) is 0 Å². The van der Waals surface area contributed by atoms with Crippen LogP contribution in [0.1, 0.15) is 106 Å². The van der Waals surface area contributed by atoms with Crippen LogP contribution in [0.3, 0.4) is 0 Å². The van der Waals surface area contributed by atoms with E-state index in [1.54, 1.807) is 0 Å². The van der Waals surface area contributed by atoms with E-state index in [1.807, 2.05) is 52.8 Å². The molecule has 0 amide bonds. The summed E-state index contributed by atoms with van der Waals surface area (Å²) in [6.45, 7) is 14.1. The van der Waals surface area contributed by atoms with Gasteiger partial charge < -0.3 is 0 Å². The van der Waals surface area contributed by atoms with Crippen molar-refractivity contribution < 1.29 is 58.0 Å². The predicted octanol–water partition coefficient (Wildman–Crippen LogP) is 2.23. The Bertz CT molecular complexity index is 1390. The topological polar surface area (TPSA) is 175 Å². The van der Waals surface area contributed by atoms with Gasteiger partial charge >= 0.3 is 310 Å². The number of ether oxygens (including phenoxy) is 4. The maximum absolute atomic E-state index is 13.8. The molecule has 0 aromatic heterocycles. The van der Waals surface area contributed by atoms with Gasteiger partial charge in [0.1, 0.15) is 0 Å². The fourth-order valence-corrected chi connectivity index (χ4v) is 9.80. The van der Waals surface area contributed by atoms with Gasteiger partial charge in [-0.05, 0) is 0 Å². The summed E-state index contributed by atoms with van der Waals surface area (Å²) >= 11 is -1.19.